The lowest BCUT2D eigenvalue weighted by Crippen LogP contribution is -2.39. The van der Waals surface area contributed by atoms with Gasteiger partial charge in [0.2, 0.25) is 0 Å². The van der Waals surface area contributed by atoms with Gasteiger partial charge in [-0.1, -0.05) is 31.2 Å². The highest BCUT2D eigenvalue weighted by Gasteiger charge is 2.11. The minimum absolute atomic E-state index is 0.701. The molecule has 1 fully saturated rings. The van der Waals surface area contributed by atoms with Crippen molar-refractivity contribution in [2.45, 2.75) is 38.8 Å². The summed E-state index contributed by atoms with van der Waals surface area (Å²) < 4.78 is 0. The smallest absolute Gasteiger partial charge is 0.0208 e. The van der Waals surface area contributed by atoms with Crippen LogP contribution < -0.4 is 10.6 Å². The zero-order chi connectivity index (χ0) is 11.2. The predicted octanol–water partition coefficient (Wildman–Crippen LogP) is 2.09. The van der Waals surface area contributed by atoms with E-state index in [1.165, 1.54) is 24.0 Å². The van der Waals surface area contributed by atoms with Crippen molar-refractivity contribution >= 4 is 0 Å². The van der Waals surface area contributed by atoms with Crippen molar-refractivity contribution < 1.29 is 0 Å². The lowest BCUT2D eigenvalue weighted by atomic mass is 10.1. The first-order valence-corrected chi connectivity index (χ1v) is 6.40. The van der Waals surface area contributed by atoms with Crippen LogP contribution in [0.1, 0.15) is 30.9 Å². The maximum Gasteiger partial charge on any atom is 0.0208 e. The molecule has 0 amide bonds. The summed E-state index contributed by atoms with van der Waals surface area (Å²) in [7, 11) is 0. The van der Waals surface area contributed by atoms with Crippen LogP contribution >= 0.6 is 0 Å². The average molecular weight is 218 g/mol. The van der Waals surface area contributed by atoms with Gasteiger partial charge in [-0.15, -0.1) is 0 Å². The van der Waals surface area contributed by atoms with Crippen molar-refractivity contribution in [3.05, 3.63) is 35.4 Å². The first kappa shape index (κ1) is 11.6. The van der Waals surface area contributed by atoms with Gasteiger partial charge in [0.15, 0.2) is 0 Å². The third-order valence-electron chi connectivity index (χ3n) is 3.37. The Balaban J connectivity index is 1.79. The number of piperidine rings is 1. The van der Waals surface area contributed by atoms with Crippen LogP contribution in [-0.4, -0.2) is 19.1 Å². The fourth-order valence-electron chi connectivity index (χ4n) is 2.18. The molecule has 0 bridgehead atoms. The Morgan fingerprint density at radius 2 is 1.75 bits per heavy atom. The van der Waals surface area contributed by atoms with Crippen molar-refractivity contribution in [3.8, 4) is 0 Å². The molecule has 0 unspecified atom stereocenters. The molecule has 2 nitrogen and oxygen atoms in total. The Hall–Kier alpha value is -0.860. The molecule has 2 N–H and O–H groups in total. The highest BCUT2D eigenvalue weighted by atomic mass is 15.0. The summed E-state index contributed by atoms with van der Waals surface area (Å²) in [4.78, 5) is 0. The second kappa shape index (κ2) is 6.02. The molecule has 0 spiro atoms. The van der Waals surface area contributed by atoms with Gasteiger partial charge < -0.3 is 10.6 Å². The topological polar surface area (TPSA) is 24.1 Å². The molecule has 16 heavy (non-hydrogen) atoms. The lowest BCUT2D eigenvalue weighted by Gasteiger charge is -2.23. The van der Waals surface area contributed by atoms with Crippen molar-refractivity contribution in [2.75, 3.05) is 13.1 Å². The van der Waals surface area contributed by atoms with Gasteiger partial charge in [0.1, 0.15) is 0 Å². The largest absolute Gasteiger partial charge is 0.317 e. The summed E-state index contributed by atoms with van der Waals surface area (Å²) in [5.41, 5.74) is 2.82. The molecule has 1 saturated heterocycles. The summed E-state index contributed by atoms with van der Waals surface area (Å²) in [6, 6.07) is 9.66. The van der Waals surface area contributed by atoms with Crippen molar-refractivity contribution in [2.24, 2.45) is 0 Å². The summed E-state index contributed by atoms with van der Waals surface area (Å²) in [6.45, 7) is 5.52. The minimum atomic E-state index is 0.701. The summed E-state index contributed by atoms with van der Waals surface area (Å²) in [5, 5.41) is 7.02. The van der Waals surface area contributed by atoms with Gasteiger partial charge in [0.05, 0.1) is 0 Å². The Bertz CT molecular complexity index is 299. The third-order valence-corrected chi connectivity index (χ3v) is 3.37. The maximum absolute atomic E-state index is 3.64. The normalized spacial score (nSPS) is 17.6. The molecule has 1 aliphatic heterocycles. The van der Waals surface area contributed by atoms with Crippen LogP contribution in [0.25, 0.3) is 0 Å². The van der Waals surface area contributed by atoms with Crippen LogP contribution in [0.15, 0.2) is 24.3 Å². The Morgan fingerprint density at radius 3 is 2.38 bits per heavy atom. The van der Waals surface area contributed by atoms with E-state index >= 15 is 0 Å². The fraction of sp³-hybridized carbons (Fsp3) is 0.571. The maximum atomic E-state index is 3.64. The molecule has 1 aliphatic rings. The highest BCUT2D eigenvalue weighted by Crippen LogP contribution is 2.07. The van der Waals surface area contributed by atoms with Gasteiger partial charge in [-0.3, -0.25) is 0 Å². The molecule has 0 atom stereocenters. The molecular weight excluding hydrogens is 196 g/mol. The second-order valence-electron chi connectivity index (χ2n) is 4.58. The molecule has 1 aromatic carbocycles. The molecule has 88 valence electrons. The van der Waals surface area contributed by atoms with Gasteiger partial charge in [-0.25, -0.2) is 0 Å². The first-order chi connectivity index (χ1) is 7.88. The standard InChI is InChI=1S/C14H22N2/c1-2-12-3-5-13(6-4-12)11-16-14-7-9-15-10-8-14/h3-6,14-16H,2,7-11H2,1H3. The quantitative estimate of drug-likeness (QED) is 0.808. The van der Waals surface area contributed by atoms with E-state index < -0.39 is 0 Å². The average Bonchev–Trinajstić information content (AvgIpc) is 2.38. The first-order valence-electron chi connectivity index (χ1n) is 6.40. The summed E-state index contributed by atoms with van der Waals surface area (Å²) in [5.74, 6) is 0. The van der Waals surface area contributed by atoms with Crippen molar-refractivity contribution in [1.29, 1.82) is 0 Å². The predicted molar refractivity (Wildman–Crippen MR) is 68.6 cm³/mol. The number of hydrogen-bond acceptors (Lipinski definition) is 2. The van der Waals surface area contributed by atoms with Gasteiger partial charge >= 0.3 is 0 Å². The van der Waals surface area contributed by atoms with Crippen LogP contribution in [0.4, 0.5) is 0 Å². The van der Waals surface area contributed by atoms with E-state index in [0.717, 1.165) is 26.1 Å². The molecule has 2 heteroatoms. The fourth-order valence-corrected chi connectivity index (χ4v) is 2.18. The third kappa shape index (κ3) is 3.32. The molecule has 0 radical (unpaired) electrons. The summed E-state index contributed by atoms with van der Waals surface area (Å²) in [6.07, 6.45) is 3.64. The van der Waals surface area contributed by atoms with Gasteiger partial charge in [-0.05, 0) is 43.5 Å². The number of aryl methyl sites for hydroxylation is 1. The molecule has 1 heterocycles. The van der Waals surface area contributed by atoms with E-state index in [-0.39, 0.29) is 0 Å². The van der Waals surface area contributed by atoms with E-state index in [9.17, 15) is 0 Å². The van der Waals surface area contributed by atoms with Crippen LogP contribution in [0, 0.1) is 0 Å². The Labute approximate surface area is 98.4 Å². The van der Waals surface area contributed by atoms with Crippen LogP contribution in [0.3, 0.4) is 0 Å². The SMILES string of the molecule is CCc1ccc(CNC2CCNCC2)cc1. The zero-order valence-electron chi connectivity index (χ0n) is 10.1. The Morgan fingerprint density at radius 1 is 1.12 bits per heavy atom. The molecule has 0 aliphatic carbocycles. The second-order valence-corrected chi connectivity index (χ2v) is 4.58. The number of rotatable bonds is 4. The minimum Gasteiger partial charge on any atom is -0.317 e. The molecule has 1 aromatic rings. The molecular formula is C14H22N2. The van der Waals surface area contributed by atoms with Crippen molar-refractivity contribution in [1.82, 2.24) is 10.6 Å². The van der Waals surface area contributed by atoms with E-state index in [0.29, 0.717) is 6.04 Å². The molecule has 2 rings (SSSR count). The monoisotopic (exact) mass is 218 g/mol. The molecule has 0 saturated carbocycles. The van der Waals surface area contributed by atoms with E-state index in [1.807, 2.05) is 0 Å². The summed E-state index contributed by atoms with van der Waals surface area (Å²) >= 11 is 0. The number of benzene rings is 1. The Kier molecular flexibility index (Phi) is 4.37. The lowest BCUT2D eigenvalue weighted by molar-refractivity contribution is 0.386. The highest BCUT2D eigenvalue weighted by molar-refractivity contribution is 5.22. The van der Waals surface area contributed by atoms with Gasteiger partial charge in [0, 0.05) is 12.6 Å². The van der Waals surface area contributed by atoms with E-state index in [4.69, 9.17) is 0 Å². The van der Waals surface area contributed by atoms with E-state index in [1.54, 1.807) is 0 Å². The number of nitrogens with one attached hydrogen (secondary N) is 2. The van der Waals surface area contributed by atoms with Crippen LogP contribution in [-0.2, 0) is 13.0 Å². The van der Waals surface area contributed by atoms with Gasteiger partial charge in [0.25, 0.3) is 0 Å². The molecule has 0 aromatic heterocycles. The zero-order valence-corrected chi connectivity index (χ0v) is 10.1. The van der Waals surface area contributed by atoms with Crippen molar-refractivity contribution in [3.63, 3.8) is 0 Å². The van der Waals surface area contributed by atoms with Gasteiger partial charge in [-0.2, -0.15) is 0 Å². The number of hydrogen-bond donors (Lipinski definition) is 2. The van der Waals surface area contributed by atoms with Crippen LogP contribution in [0.2, 0.25) is 0 Å². The van der Waals surface area contributed by atoms with E-state index in [2.05, 4.69) is 41.8 Å². The van der Waals surface area contributed by atoms with Crippen LogP contribution in [0.5, 0.6) is 0 Å².